The Balaban J connectivity index is 4.53. The molecule has 0 aliphatic carbocycles. The maximum Gasteiger partial charge on any atom is 0.329 e. The molecule has 0 aromatic rings. The van der Waals surface area contributed by atoms with Crippen LogP contribution >= 0.6 is 0 Å². The van der Waals surface area contributed by atoms with Crippen molar-refractivity contribution in [1.29, 1.82) is 0 Å². The molecule has 0 heterocycles. The van der Waals surface area contributed by atoms with E-state index < -0.39 is 35.2 Å². The first-order valence-corrected chi connectivity index (χ1v) is 8.76. The molecule has 0 saturated heterocycles. The molecule has 0 saturated carbocycles. The zero-order valence-corrected chi connectivity index (χ0v) is 16.6. The van der Waals surface area contributed by atoms with Crippen LogP contribution in [0.25, 0.3) is 0 Å². The summed E-state index contributed by atoms with van der Waals surface area (Å²) in [7, 11) is 0. The number of esters is 2. The molecule has 7 nitrogen and oxygen atoms in total. The van der Waals surface area contributed by atoms with Crippen molar-refractivity contribution >= 4 is 17.8 Å². The molecule has 25 heavy (non-hydrogen) atoms. The van der Waals surface area contributed by atoms with Crippen LogP contribution in [0.4, 0.5) is 0 Å². The summed E-state index contributed by atoms with van der Waals surface area (Å²) < 4.78 is 10.5. The predicted octanol–water partition coefficient (Wildman–Crippen LogP) is 2.06. The summed E-state index contributed by atoms with van der Waals surface area (Å²) in [5.41, 5.74) is 4.52. The summed E-state index contributed by atoms with van der Waals surface area (Å²) in [6, 6.07) is -1.58. The summed E-state index contributed by atoms with van der Waals surface area (Å²) >= 11 is 0. The fraction of sp³-hybridized carbons (Fsp3) is 0.833. The van der Waals surface area contributed by atoms with E-state index in [0.29, 0.717) is 6.42 Å². The average molecular weight is 358 g/mol. The van der Waals surface area contributed by atoms with Crippen LogP contribution in [-0.4, -0.2) is 41.1 Å². The number of nitrogens with one attached hydrogen (secondary N) is 1. The minimum absolute atomic E-state index is 0.0312. The maximum absolute atomic E-state index is 12.2. The van der Waals surface area contributed by atoms with Crippen LogP contribution < -0.4 is 11.1 Å². The second-order valence-electron chi connectivity index (χ2n) is 8.12. The van der Waals surface area contributed by atoms with Crippen LogP contribution in [-0.2, 0) is 23.9 Å². The molecule has 0 aromatic heterocycles. The van der Waals surface area contributed by atoms with Crippen molar-refractivity contribution in [3.63, 3.8) is 0 Å². The van der Waals surface area contributed by atoms with Gasteiger partial charge in [-0.2, -0.15) is 0 Å². The van der Waals surface area contributed by atoms with Crippen LogP contribution in [0.15, 0.2) is 0 Å². The molecule has 0 bridgehead atoms. The second kappa shape index (κ2) is 9.75. The largest absolute Gasteiger partial charge is 0.459 e. The lowest BCUT2D eigenvalue weighted by Crippen LogP contribution is -2.45. The normalized spacial score (nSPS) is 14.4. The van der Waals surface area contributed by atoms with Gasteiger partial charge < -0.3 is 20.5 Å². The summed E-state index contributed by atoms with van der Waals surface area (Å²) in [4.78, 5) is 36.0. The molecule has 2 atom stereocenters. The van der Waals surface area contributed by atoms with Gasteiger partial charge in [0.05, 0.1) is 0 Å². The van der Waals surface area contributed by atoms with Crippen molar-refractivity contribution < 1.29 is 23.9 Å². The van der Waals surface area contributed by atoms with E-state index in [1.807, 2.05) is 6.92 Å². The van der Waals surface area contributed by atoms with Gasteiger partial charge in [0.15, 0.2) is 0 Å². The topological polar surface area (TPSA) is 108 Å². The van der Waals surface area contributed by atoms with Crippen LogP contribution in [0, 0.1) is 0 Å². The highest BCUT2D eigenvalue weighted by molar-refractivity contribution is 5.85. The zero-order valence-electron chi connectivity index (χ0n) is 16.6. The Kier molecular flexibility index (Phi) is 9.11. The van der Waals surface area contributed by atoms with Crippen molar-refractivity contribution in [2.24, 2.45) is 5.73 Å². The molecule has 0 aliphatic heterocycles. The molecule has 146 valence electrons. The monoisotopic (exact) mass is 358 g/mol. The van der Waals surface area contributed by atoms with Gasteiger partial charge in [-0.25, -0.2) is 4.79 Å². The average Bonchev–Trinajstić information content (AvgIpc) is 2.40. The quantitative estimate of drug-likeness (QED) is 0.643. The van der Waals surface area contributed by atoms with Gasteiger partial charge in [0.2, 0.25) is 5.91 Å². The van der Waals surface area contributed by atoms with Crippen molar-refractivity contribution in [2.75, 3.05) is 0 Å². The molecular weight excluding hydrogens is 324 g/mol. The summed E-state index contributed by atoms with van der Waals surface area (Å²) in [5.74, 6) is -1.35. The number of rotatable bonds is 8. The van der Waals surface area contributed by atoms with E-state index in [-0.39, 0.29) is 18.7 Å². The van der Waals surface area contributed by atoms with E-state index in [1.165, 1.54) is 0 Å². The van der Waals surface area contributed by atoms with E-state index in [0.717, 1.165) is 6.42 Å². The van der Waals surface area contributed by atoms with Gasteiger partial charge in [-0.3, -0.25) is 9.59 Å². The molecule has 1 amide bonds. The second-order valence-corrected chi connectivity index (χ2v) is 8.12. The fourth-order valence-corrected chi connectivity index (χ4v) is 1.96. The van der Waals surface area contributed by atoms with Gasteiger partial charge >= 0.3 is 11.9 Å². The third-order valence-corrected chi connectivity index (χ3v) is 3.00. The molecule has 0 radical (unpaired) electrons. The molecule has 0 unspecified atom stereocenters. The highest BCUT2D eigenvalue weighted by atomic mass is 16.6. The van der Waals surface area contributed by atoms with E-state index in [4.69, 9.17) is 15.2 Å². The fourth-order valence-electron chi connectivity index (χ4n) is 1.96. The predicted molar refractivity (Wildman–Crippen MR) is 95.7 cm³/mol. The van der Waals surface area contributed by atoms with Gasteiger partial charge in [0.1, 0.15) is 23.3 Å². The van der Waals surface area contributed by atoms with Crippen LogP contribution in [0.2, 0.25) is 0 Å². The van der Waals surface area contributed by atoms with E-state index >= 15 is 0 Å². The highest BCUT2D eigenvalue weighted by Gasteiger charge is 2.27. The van der Waals surface area contributed by atoms with Crippen molar-refractivity contribution in [2.45, 2.75) is 97.4 Å². The van der Waals surface area contributed by atoms with Crippen LogP contribution in [0.1, 0.15) is 74.1 Å². The van der Waals surface area contributed by atoms with Crippen molar-refractivity contribution in [3.8, 4) is 0 Å². The molecule has 0 aromatic carbocycles. The lowest BCUT2D eigenvalue weighted by atomic mass is 10.1. The SMILES string of the molecule is CCC[C@H](NC(=O)CC[C@H](N)C(=O)OC(C)(C)C)C(=O)OC(C)(C)C. The minimum Gasteiger partial charge on any atom is -0.459 e. The number of amides is 1. The van der Waals surface area contributed by atoms with Crippen molar-refractivity contribution in [1.82, 2.24) is 5.32 Å². The molecule has 0 spiro atoms. The minimum atomic E-state index is -0.879. The molecule has 0 fully saturated rings. The first kappa shape index (κ1) is 23.4. The number of hydrogen-bond acceptors (Lipinski definition) is 6. The van der Waals surface area contributed by atoms with Gasteiger partial charge in [-0.15, -0.1) is 0 Å². The number of carbonyl (C=O) groups is 3. The lowest BCUT2D eigenvalue weighted by Gasteiger charge is -2.24. The molecule has 0 rings (SSSR count). The Labute approximate surface area is 151 Å². The number of hydrogen-bond donors (Lipinski definition) is 2. The van der Waals surface area contributed by atoms with Crippen molar-refractivity contribution in [3.05, 3.63) is 0 Å². The van der Waals surface area contributed by atoms with Gasteiger partial charge in [-0.1, -0.05) is 13.3 Å². The summed E-state index contributed by atoms with van der Waals surface area (Å²) in [5, 5.41) is 2.66. The Bertz CT molecular complexity index is 463. The van der Waals surface area contributed by atoms with E-state index in [2.05, 4.69) is 5.32 Å². The molecule has 0 aliphatic rings. The van der Waals surface area contributed by atoms with Crippen LogP contribution in [0.3, 0.4) is 0 Å². The summed E-state index contributed by atoms with van der Waals surface area (Å²) in [6.07, 6.45) is 1.39. The molecule has 7 heteroatoms. The molecule has 3 N–H and O–H groups in total. The third kappa shape index (κ3) is 11.5. The Morgan fingerprint density at radius 2 is 1.40 bits per heavy atom. The standard InChI is InChI=1S/C18H34N2O5/c1-8-9-13(16(23)25-18(5,6)7)20-14(21)11-10-12(19)15(22)24-17(2,3)4/h12-13H,8-11,19H2,1-7H3,(H,20,21)/t12-,13-/m0/s1. The van der Waals surface area contributed by atoms with E-state index in [9.17, 15) is 14.4 Å². The number of ether oxygens (including phenoxy) is 2. The van der Waals surface area contributed by atoms with Crippen LogP contribution in [0.5, 0.6) is 0 Å². The van der Waals surface area contributed by atoms with E-state index in [1.54, 1.807) is 41.5 Å². The summed E-state index contributed by atoms with van der Waals surface area (Å²) in [6.45, 7) is 12.5. The van der Waals surface area contributed by atoms with Gasteiger partial charge in [0, 0.05) is 6.42 Å². The van der Waals surface area contributed by atoms with Gasteiger partial charge in [-0.05, 0) is 54.4 Å². The zero-order chi connectivity index (χ0) is 19.8. The first-order valence-electron chi connectivity index (χ1n) is 8.76. The smallest absolute Gasteiger partial charge is 0.329 e. The maximum atomic E-state index is 12.2. The first-order chi connectivity index (χ1) is 11.2. The Morgan fingerprint density at radius 1 is 0.920 bits per heavy atom. The Morgan fingerprint density at radius 3 is 1.84 bits per heavy atom. The third-order valence-electron chi connectivity index (χ3n) is 3.00. The number of carbonyl (C=O) groups excluding carboxylic acids is 3. The molecular formula is C18H34N2O5. The number of nitrogens with two attached hydrogens (primary N) is 1. The lowest BCUT2D eigenvalue weighted by molar-refractivity contribution is -0.159. The Hall–Kier alpha value is -1.63. The van der Waals surface area contributed by atoms with Gasteiger partial charge in [0.25, 0.3) is 0 Å². The highest BCUT2D eigenvalue weighted by Crippen LogP contribution is 2.12.